The van der Waals surface area contributed by atoms with Crippen molar-refractivity contribution in [2.45, 2.75) is 27.7 Å². The molecule has 0 unspecified atom stereocenters. The van der Waals surface area contributed by atoms with E-state index in [1.54, 1.807) is 0 Å². The Morgan fingerprint density at radius 2 is 1.35 bits per heavy atom. The van der Waals surface area contributed by atoms with E-state index in [4.69, 9.17) is 12.2 Å². The molecule has 0 aliphatic heterocycles. The quantitative estimate of drug-likeness (QED) is 0.780. The van der Waals surface area contributed by atoms with Crippen LogP contribution in [0.4, 0.5) is 11.4 Å². The predicted molar refractivity (Wildman–Crippen MR) is 91.7 cm³/mol. The number of hydrogen-bond donors (Lipinski definition) is 2. The SMILES string of the molecule is Cc1ccc(NC(=S)Nc2cc(C)ccc2C)c(C)c1. The highest BCUT2D eigenvalue weighted by Crippen LogP contribution is 2.19. The summed E-state index contributed by atoms with van der Waals surface area (Å²) in [6, 6.07) is 12.6. The molecule has 0 bridgehead atoms. The fourth-order valence-corrected chi connectivity index (χ4v) is 2.32. The van der Waals surface area contributed by atoms with E-state index < -0.39 is 0 Å². The van der Waals surface area contributed by atoms with Gasteiger partial charge in [-0.15, -0.1) is 0 Å². The maximum Gasteiger partial charge on any atom is 0.175 e. The Bertz CT molecular complexity index is 647. The largest absolute Gasteiger partial charge is 0.332 e. The van der Waals surface area contributed by atoms with Gasteiger partial charge in [0.2, 0.25) is 0 Å². The van der Waals surface area contributed by atoms with Crippen LogP contribution in [0.2, 0.25) is 0 Å². The van der Waals surface area contributed by atoms with Crippen molar-refractivity contribution in [2.75, 3.05) is 10.6 Å². The monoisotopic (exact) mass is 284 g/mol. The fourth-order valence-electron chi connectivity index (χ4n) is 2.10. The van der Waals surface area contributed by atoms with Crippen molar-refractivity contribution in [3.8, 4) is 0 Å². The average molecular weight is 284 g/mol. The highest BCUT2D eigenvalue weighted by atomic mass is 32.1. The van der Waals surface area contributed by atoms with Crippen molar-refractivity contribution >= 4 is 28.7 Å². The molecule has 0 fully saturated rings. The van der Waals surface area contributed by atoms with E-state index in [-0.39, 0.29) is 0 Å². The third kappa shape index (κ3) is 3.58. The molecule has 0 heterocycles. The summed E-state index contributed by atoms with van der Waals surface area (Å²) in [5.41, 5.74) is 6.93. The normalized spacial score (nSPS) is 10.2. The van der Waals surface area contributed by atoms with Crippen molar-refractivity contribution in [1.82, 2.24) is 0 Å². The molecular weight excluding hydrogens is 264 g/mol. The average Bonchev–Trinajstić information content (AvgIpc) is 2.37. The van der Waals surface area contributed by atoms with Crippen LogP contribution < -0.4 is 10.6 Å². The second-order valence-corrected chi connectivity index (χ2v) is 5.62. The molecule has 2 aromatic carbocycles. The van der Waals surface area contributed by atoms with Crippen LogP contribution in [-0.2, 0) is 0 Å². The molecule has 2 rings (SSSR count). The first kappa shape index (κ1) is 14.5. The minimum Gasteiger partial charge on any atom is -0.332 e. The smallest absolute Gasteiger partial charge is 0.175 e. The lowest BCUT2D eigenvalue weighted by atomic mass is 10.1. The zero-order chi connectivity index (χ0) is 14.7. The standard InChI is InChI=1S/C17H20N2S/c1-11-6-8-15(14(4)9-11)18-17(20)19-16-10-12(2)5-7-13(16)3/h5-10H,1-4H3,(H2,18,19,20). The van der Waals surface area contributed by atoms with Gasteiger partial charge >= 0.3 is 0 Å². The van der Waals surface area contributed by atoms with Crippen molar-refractivity contribution in [2.24, 2.45) is 0 Å². The molecule has 2 nitrogen and oxygen atoms in total. The lowest BCUT2D eigenvalue weighted by molar-refractivity contribution is 1.37. The maximum absolute atomic E-state index is 5.39. The molecular formula is C17H20N2S. The zero-order valence-electron chi connectivity index (χ0n) is 12.4. The number of aryl methyl sites for hydroxylation is 4. The van der Waals surface area contributed by atoms with Crippen LogP contribution in [0.5, 0.6) is 0 Å². The first-order chi connectivity index (χ1) is 9.45. The summed E-state index contributed by atoms with van der Waals surface area (Å²) in [5.74, 6) is 0. The summed E-state index contributed by atoms with van der Waals surface area (Å²) < 4.78 is 0. The molecule has 0 aliphatic rings. The van der Waals surface area contributed by atoms with Crippen LogP contribution in [0.1, 0.15) is 22.3 Å². The van der Waals surface area contributed by atoms with Gasteiger partial charge in [-0.1, -0.05) is 29.8 Å². The Balaban J connectivity index is 2.11. The van der Waals surface area contributed by atoms with Crippen LogP contribution in [0.15, 0.2) is 36.4 Å². The van der Waals surface area contributed by atoms with E-state index in [0.717, 1.165) is 11.4 Å². The fraction of sp³-hybridized carbons (Fsp3) is 0.235. The lowest BCUT2D eigenvalue weighted by Crippen LogP contribution is -2.20. The second kappa shape index (κ2) is 6.06. The van der Waals surface area contributed by atoms with Gasteiger partial charge in [-0.2, -0.15) is 0 Å². The summed E-state index contributed by atoms with van der Waals surface area (Å²) in [6.07, 6.45) is 0. The van der Waals surface area contributed by atoms with Gasteiger partial charge < -0.3 is 10.6 Å². The van der Waals surface area contributed by atoms with E-state index in [1.807, 2.05) is 0 Å². The molecule has 20 heavy (non-hydrogen) atoms. The first-order valence-electron chi connectivity index (χ1n) is 6.68. The van der Waals surface area contributed by atoms with Gasteiger partial charge in [-0.05, 0) is 68.7 Å². The molecule has 2 N–H and O–H groups in total. The van der Waals surface area contributed by atoms with Crippen LogP contribution >= 0.6 is 12.2 Å². The predicted octanol–water partition coefficient (Wildman–Crippen LogP) is 4.73. The van der Waals surface area contributed by atoms with Gasteiger partial charge in [-0.3, -0.25) is 0 Å². The molecule has 0 aliphatic carbocycles. The highest BCUT2D eigenvalue weighted by Gasteiger charge is 2.04. The minimum atomic E-state index is 0.616. The minimum absolute atomic E-state index is 0.616. The lowest BCUT2D eigenvalue weighted by Gasteiger charge is -2.15. The molecule has 0 saturated heterocycles. The van der Waals surface area contributed by atoms with E-state index in [0.29, 0.717) is 5.11 Å². The Kier molecular flexibility index (Phi) is 4.40. The van der Waals surface area contributed by atoms with Crippen LogP contribution in [0.3, 0.4) is 0 Å². The number of rotatable bonds is 2. The van der Waals surface area contributed by atoms with Gasteiger partial charge in [0.1, 0.15) is 0 Å². The van der Waals surface area contributed by atoms with Crippen LogP contribution in [0.25, 0.3) is 0 Å². The van der Waals surface area contributed by atoms with Gasteiger partial charge in [0, 0.05) is 11.4 Å². The van der Waals surface area contributed by atoms with Crippen molar-refractivity contribution in [3.05, 3.63) is 58.7 Å². The van der Waals surface area contributed by atoms with Crippen LogP contribution in [0, 0.1) is 27.7 Å². The molecule has 0 atom stereocenters. The highest BCUT2D eigenvalue weighted by molar-refractivity contribution is 7.80. The van der Waals surface area contributed by atoms with Crippen molar-refractivity contribution in [1.29, 1.82) is 0 Å². The van der Waals surface area contributed by atoms with Gasteiger partial charge in [-0.25, -0.2) is 0 Å². The summed E-state index contributed by atoms with van der Waals surface area (Å²) in [6.45, 7) is 8.31. The summed E-state index contributed by atoms with van der Waals surface area (Å²) in [5, 5.41) is 7.13. The number of hydrogen-bond acceptors (Lipinski definition) is 1. The third-order valence-electron chi connectivity index (χ3n) is 3.27. The van der Waals surface area contributed by atoms with Gasteiger partial charge in [0.25, 0.3) is 0 Å². The zero-order valence-corrected chi connectivity index (χ0v) is 13.2. The van der Waals surface area contributed by atoms with E-state index in [9.17, 15) is 0 Å². The van der Waals surface area contributed by atoms with E-state index >= 15 is 0 Å². The summed E-state index contributed by atoms with van der Waals surface area (Å²) in [7, 11) is 0. The van der Waals surface area contributed by atoms with Gasteiger partial charge in [0.05, 0.1) is 0 Å². The number of benzene rings is 2. The number of nitrogens with one attached hydrogen (secondary N) is 2. The van der Waals surface area contributed by atoms with E-state index in [2.05, 4.69) is 74.7 Å². The molecule has 0 radical (unpaired) electrons. The molecule has 2 aromatic rings. The number of anilines is 2. The van der Waals surface area contributed by atoms with Crippen molar-refractivity contribution < 1.29 is 0 Å². The van der Waals surface area contributed by atoms with E-state index in [1.165, 1.54) is 22.3 Å². The maximum atomic E-state index is 5.39. The molecule has 0 spiro atoms. The molecule has 0 aromatic heterocycles. The first-order valence-corrected chi connectivity index (χ1v) is 7.09. The summed E-state index contributed by atoms with van der Waals surface area (Å²) in [4.78, 5) is 0. The summed E-state index contributed by atoms with van der Waals surface area (Å²) >= 11 is 5.39. The molecule has 3 heteroatoms. The van der Waals surface area contributed by atoms with Gasteiger partial charge in [0.15, 0.2) is 5.11 Å². The molecule has 0 amide bonds. The Labute approximate surface area is 126 Å². The third-order valence-corrected chi connectivity index (χ3v) is 3.48. The topological polar surface area (TPSA) is 24.1 Å². The molecule has 0 saturated carbocycles. The van der Waals surface area contributed by atoms with Crippen molar-refractivity contribution in [3.63, 3.8) is 0 Å². The van der Waals surface area contributed by atoms with Crippen LogP contribution in [-0.4, -0.2) is 5.11 Å². The Morgan fingerprint density at radius 3 is 2.05 bits per heavy atom. The Morgan fingerprint density at radius 1 is 0.750 bits per heavy atom. The Hall–Kier alpha value is -1.87. The number of thiocarbonyl (C=S) groups is 1. The second-order valence-electron chi connectivity index (χ2n) is 5.22. The molecule has 104 valence electrons.